The number of hydrogen-bond donors (Lipinski definition) is 1. The second kappa shape index (κ2) is 6.13. The molecule has 0 spiro atoms. The van der Waals surface area contributed by atoms with Gasteiger partial charge in [0.1, 0.15) is 5.75 Å². The zero-order valence-electron chi connectivity index (χ0n) is 15.4. The average Bonchev–Trinajstić information content (AvgIpc) is 3.00. The maximum Gasteiger partial charge on any atom is 0.245 e. The molecule has 0 saturated carbocycles. The average molecular weight is 360 g/mol. The lowest BCUT2D eigenvalue weighted by atomic mass is 10.0. The quantitative estimate of drug-likeness (QED) is 0.742. The molecule has 0 aliphatic carbocycles. The predicted octanol–water partition coefficient (Wildman–Crippen LogP) is 4.27. The van der Waals surface area contributed by atoms with Gasteiger partial charge in [-0.1, -0.05) is 54.1 Å². The number of hydrogen-bond acceptors (Lipinski definition) is 4. The lowest BCUT2D eigenvalue weighted by Crippen LogP contribution is -2.41. The molecular weight excluding hydrogens is 340 g/mol. The second-order valence-electron chi connectivity index (χ2n) is 6.90. The van der Waals surface area contributed by atoms with Gasteiger partial charge in [0.05, 0.1) is 5.56 Å². The molecular formula is C22H20N2O3. The van der Waals surface area contributed by atoms with Crippen molar-refractivity contribution in [3.8, 4) is 5.75 Å². The van der Waals surface area contributed by atoms with Gasteiger partial charge in [-0.15, -0.1) is 5.10 Å². The number of carbonyl (C=O) groups excluding carboxylic acids is 1. The highest BCUT2D eigenvalue weighted by Gasteiger charge is 2.45. The van der Waals surface area contributed by atoms with E-state index in [9.17, 15) is 9.90 Å². The van der Waals surface area contributed by atoms with Gasteiger partial charge >= 0.3 is 0 Å². The zero-order valence-corrected chi connectivity index (χ0v) is 15.4. The number of phenolic OH excluding ortho intramolecular Hbond substituents is 1. The number of benzene rings is 3. The van der Waals surface area contributed by atoms with Crippen LogP contribution in [0.1, 0.15) is 30.5 Å². The van der Waals surface area contributed by atoms with E-state index >= 15 is 0 Å². The molecule has 0 radical (unpaired) electrons. The lowest BCUT2D eigenvalue weighted by molar-refractivity contribution is -0.146. The van der Waals surface area contributed by atoms with Gasteiger partial charge in [-0.25, -0.2) is 0 Å². The fourth-order valence-electron chi connectivity index (χ4n) is 3.36. The molecule has 0 aromatic heterocycles. The van der Waals surface area contributed by atoms with Crippen molar-refractivity contribution in [1.29, 1.82) is 0 Å². The fourth-order valence-corrected chi connectivity index (χ4v) is 3.36. The van der Waals surface area contributed by atoms with Gasteiger partial charge in [0, 0.05) is 19.4 Å². The number of phenols is 1. The second-order valence-corrected chi connectivity index (χ2v) is 6.90. The Labute approximate surface area is 157 Å². The van der Waals surface area contributed by atoms with Crippen LogP contribution in [-0.4, -0.2) is 21.9 Å². The van der Waals surface area contributed by atoms with E-state index in [0.29, 0.717) is 5.56 Å². The maximum atomic E-state index is 12.3. The molecule has 0 unspecified atom stereocenters. The van der Waals surface area contributed by atoms with Crippen LogP contribution >= 0.6 is 0 Å². The number of fused-ring (bicyclic) bond motifs is 1. The normalized spacial score (nSPS) is 19.1. The van der Waals surface area contributed by atoms with Crippen LogP contribution in [0, 0.1) is 6.92 Å². The molecule has 1 atom stereocenters. The lowest BCUT2D eigenvalue weighted by Gasteiger charge is -2.31. The molecule has 5 nitrogen and oxygen atoms in total. The summed E-state index contributed by atoms with van der Waals surface area (Å²) < 4.78 is 6.16. The summed E-state index contributed by atoms with van der Waals surface area (Å²) >= 11 is 0. The van der Waals surface area contributed by atoms with Crippen molar-refractivity contribution >= 4 is 22.6 Å². The molecule has 4 rings (SSSR count). The van der Waals surface area contributed by atoms with Crippen LogP contribution < -0.4 is 0 Å². The molecule has 1 aliphatic rings. The van der Waals surface area contributed by atoms with Crippen LogP contribution in [0.2, 0.25) is 0 Å². The molecule has 3 aromatic carbocycles. The number of nitrogens with zero attached hydrogens (tertiary/aromatic N) is 2. The Kier molecular flexibility index (Phi) is 3.88. The number of carbonyl (C=O) groups is 1. The molecule has 0 fully saturated rings. The summed E-state index contributed by atoms with van der Waals surface area (Å²) in [6.07, 6.45) is 0. The Morgan fingerprint density at radius 3 is 2.33 bits per heavy atom. The first-order valence-corrected chi connectivity index (χ1v) is 8.76. The molecule has 0 saturated heterocycles. The molecule has 3 aromatic rings. The number of aryl methyl sites for hydroxylation is 1. The summed E-state index contributed by atoms with van der Waals surface area (Å²) in [5, 5.41) is 18.1. The summed E-state index contributed by atoms with van der Waals surface area (Å²) in [4.78, 5) is 12.3. The summed E-state index contributed by atoms with van der Waals surface area (Å²) in [6, 6.07) is 19.0. The van der Waals surface area contributed by atoms with Crippen LogP contribution in [0.15, 0.2) is 65.8 Å². The van der Waals surface area contributed by atoms with Gasteiger partial charge < -0.3 is 9.84 Å². The van der Waals surface area contributed by atoms with E-state index in [1.807, 2.05) is 61.5 Å². The van der Waals surface area contributed by atoms with E-state index in [1.165, 1.54) is 11.9 Å². The van der Waals surface area contributed by atoms with Crippen molar-refractivity contribution in [2.24, 2.45) is 5.10 Å². The SMILES string of the molecule is CC(=O)N1N=C(c2cc3ccccc3cc2O)O[C@@]1(C)c1ccc(C)cc1. The third kappa shape index (κ3) is 2.81. The minimum Gasteiger partial charge on any atom is -0.507 e. The van der Waals surface area contributed by atoms with Gasteiger partial charge in [-0.2, -0.15) is 5.01 Å². The first-order valence-electron chi connectivity index (χ1n) is 8.76. The summed E-state index contributed by atoms with van der Waals surface area (Å²) in [5.41, 5.74) is 1.30. The first-order chi connectivity index (χ1) is 12.9. The molecule has 1 amide bonds. The molecule has 27 heavy (non-hydrogen) atoms. The maximum absolute atomic E-state index is 12.3. The number of aromatic hydroxyl groups is 1. The smallest absolute Gasteiger partial charge is 0.245 e. The highest BCUT2D eigenvalue weighted by molar-refractivity contribution is 6.03. The van der Waals surface area contributed by atoms with Crippen molar-refractivity contribution in [2.45, 2.75) is 26.5 Å². The monoisotopic (exact) mass is 360 g/mol. The minimum atomic E-state index is -1.08. The molecule has 1 aliphatic heterocycles. The fraction of sp³-hybridized carbons (Fsp3) is 0.182. The highest BCUT2D eigenvalue weighted by Crippen LogP contribution is 2.38. The van der Waals surface area contributed by atoms with Gasteiger partial charge in [0.15, 0.2) is 0 Å². The topological polar surface area (TPSA) is 62.1 Å². The van der Waals surface area contributed by atoms with Crippen LogP contribution in [0.25, 0.3) is 10.8 Å². The van der Waals surface area contributed by atoms with Gasteiger partial charge in [-0.3, -0.25) is 4.79 Å². The van der Waals surface area contributed by atoms with Crippen molar-refractivity contribution in [3.63, 3.8) is 0 Å². The van der Waals surface area contributed by atoms with E-state index in [4.69, 9.17) is 4.74 Å². The predicted molar refractivity (Wildman–Crippen MR) is 104 cm³/mol. The Bertz CT molecular complexity index is 1070. The molecule has 136 valence electrons. The standard InChI is InChI=1S/C22H20N2O3/c1-14-8-10-18(11-9-14)22(3)24(15(2)25)23-21(27-22)19-12-16-6-4-5-7-17(16)13-20(19)26/h4-13,26H,1-3H3/t22-/m0/s1. The van der Waals surface area contributed by atoms with Crippen molar-refractivity contribution in [2.75, 3.05) is 0 Å². The number of ether oxygens (including phenoxy) is 1. The molecule has 1 N–H and O–H groups in total. The van der Waals surface area contributed by atoms with E-state index in [0.717, 1.165) is 21.9 Å². The summed E-state index contributed by atoms with van der Waals surface area (Å²) in [7, 11) is 0. The zero-order chi connectivity index (χ0) is 19.2. The molecule has 5 heteroatoms. The summed E-state index contributed by atoms with van der Waals surface area (Å²) in [6.45, 7) is 5.25. The third-order valence-electron chi connectivity index (χ3n) is 4.87. The number of amides is 1. The van der Waals surface area contributed by atoms with E-state index in [2.05, 4.69) is 5.10 Å². The van der Waals surface area contributed by atoms with Crippen LogP contribution in [0.5, 0.6) is 5.75 Å². The third-order valence-corrected chi connectivity index (χ3v) is 4.87. The first kappa shape index (κ1) is 17.1. The van der Waals surface area contributed by atoms with Gasteiger partial charge in [0.2, 0.25) is 17.5 Å². The van der Waals surface area contributed by atoms with Gasteiger partial charge in [0.25, 0.3) is 0 Å². The van der Waals surface area contributed by atoms with Crippen LogP contribution in [-0.2, 0) is 15.3 Å². The van der Waals surface area contributed by atoms with E-state index in [1.54, 1.807) is 13.0 Å². The van der Waals surface area contributed by atoms with Crippen LogP contribution in [0.3, 0.4) is 0 Å². The number of rotatable bonds is 2. The van der Waals surface area contributed by atoms with Crippen LogP contribution in [0.4, 0.5) is 0 Å². The Balaban J connectivity index is 1.81. The van der Waals surface area contributed by atoms with Crippen molar-refractivity contribution in [1.82, 2.24) is 5.01 Å². The Morgan fingerprint density at radius 2 is 1.70 bits per heavy atom. The summed E-state index contributed by atoms with van der Waals surface area (Å²) in [5.74, 6) is 0.0361. The molecule has 1 heterocycles. The largest absolute Gasteiger partial charge is 0.507 e. The van der Waals surface area contributed by atoms with Crippen molar-refractivity contribution < 1.29 is 14.6 Å². The minimum absolute atomic E-state index is 0.0594. The Hall–Kier alpha value is -3.34. The Morgan fingerprint density at radius 1 is 1.07 bits per heavy atom. The highest BCUT2D eigenvalue weighted by atomic mass is 16.6. The van der Waals surface area contributed by atoms with E-state index < -0.39 is 5.72 Å². The molecule has 0 bridgehead atoms. The number of hydrazone groups is 1. The van der Waals surface area contributed by atoms with E-state index in [-0.39, 0.29) is 17.6 Å². The van der Waals surface area contributed by atoms with Gasteiger partial charge in [-0.05, 0) is 29.8 Å². The van der Waals surface area contributed by atoms with Crippen molar-refractivity contribution in [3.05, 3.63) is 77.4 Å².